The molecule has 2 aromatic rings. The van der Waals surface area contributed by atoms with Crippen LogP contribution in [0.4, 0.5) is 11.4 Å². The van der Waals surface area contributed by atoms with Crippen LogP contribution in [-0.2, 0) is 0 Å². The van der Waals surface area contributed by atoms with Crippen molar-refractivity contribution in [3.8, 4) is 11.5 Å². The topological polar surface area (TPSA) is 92.2 Å². The number of hydroxylamine groups is 1. The molecule has 0 aliphatic carbocycles. The summed E-state index contributed by atoms with van der Waals surface area (Å²) in [6.07, 6.45) is 1.10. The number of anilines is 1. The third kappa shape index (κ3) is 3.98. The lowest BCUT2D eigenvalue weighted by atomic mass is 10.2. The normalized spacial score (nSPS) is 10.4. The Labute approximate surface area is 133 Å². The van der Waals surface area contributed by atoms with Crippen molar-refractivity contribution in [2.45, 2.75) is 0 Å². The maximum atomic E-state index is 12.3. The number of hydrogen-bond acceptors (Lipinski definition) is 5. The van der Waals surface area contributed by atoms with E-state index in [1.807, 2.05) is 11.5 Å². The van der Waals surface area contributed by atoms with Crippen molar-refractivity contribution in [1.82, 2.24) is 5.48 Å². The third-order valence-electron chi connectivity index (χ3n) is 3.05. The number of rotatable bonds is 6. The van der Waals surface area contributed by atoms with E-state index in [-0.39, 0.29) is 5.91 Å². The Hall–Kier alpha value is -3.06. The molecule has 0 atom stereocenters. The number of aliphatic imine (C=N–C) groups is 1. The number of carbonyl (C=O) groups excluding carboxylic acids is 1. The highest BCUT2D eigenvalue weighted by Gasteiger charge is 2.14. The fourth-order valence-electron chi connectivity index (χ4n) is 1.96. The van der Waals surface area contributed by atoms with Gasteiger partial charge in [0, 0.05) is 17.7 Å². The molecule has 0 heterocycles. The summed E-state index contributed by atoms with van der Waals surface area (Å²) in [5.74, 6) is 0.570. The molecule has 0 aliphatic heterocycles. The zero-order valence-electron chi connectivity index (χ0n) is 12.7. The van der Waals surface area contributed by atoms with Crippen LogP contribution in [0.2, 0.25) is 0 Å². The minimum atomic E-state index is -0.265. The lowest BCUT2D eigenvalue weighted by Gasteiger charge is -2.13. The van der Waals surface area contributed by atoms with Crippen LogP contribution in [0.25, 0.3) is 0 Å². The number of amides is 1. The summed E-state index contributed by atoms with van der Waals surface area (Å²) in [7, 11) is 2.97. The first-order chi connectivity index (χ1) is 11.2. The van der Waals surface area contributed by atoms with Crippen LogP contribution in [-0.4, -0.2) is 31.7 Å². The molecule has 0 aliphatic rings. The second-order valence-corrected chi connectivity index (χ2v) is 4.43. The molecule has 0 bridgehead atoms. The van der Waals surface area contributed by atoms with E-state index in [2.05, 4.69) is 10.3 Å². The number of methoxy groups -OCH3 is 2. The van der Waals surface area contributed by atoms with Crippen molar-refractivity contribution < 1.29 is 19.5 Å². The lowest BCUT2D eigenvalue weighted by molar-refractivity contribution is 0.102. The number of nitrogens with one attached hydrogen (secondary N) is 2. The highest BCUT2D eigenvalue weighted by molar-refractivity contribution is 6.05. The van der Waals surface area contributed by atoms with E-state index in [0.717, 1.165) is 6.34 Å². The first-order valence-corrected chi connectivity index (χ1v) is 6.74. The molecule has 0 saturated heterocycles. The molecular weight excluding hydrogens is 298 g/mol. The summed E-state index contributed by atoms with van der Waals surface area (Å²) in [5, 5.41) is 11.4. The Kier molecular flexibility index (Phi) is 5.54. The highest BCUT2D eigenvalue weighted by atomic mass is 16.5. The van der Waals surface area contributed by atoms with Crippen LogP contribution < -0.4 is 20.3 Å². The third-order valence-corrected chi connectivity index (χ3v) is 3.05. The van der Waals surface area contributed by atoms with Crippen molar-refractivity contribution >= 4 is 23.6 Å². The molecule has 0 radical (unpaired) electrons. The predicted molar refractivity (Wildman–Crippen MR) is 87.0 cm³/mol. The average molecular weight is 315 g/mol. The fourth-order valence-corrected chi connectivity index (χ4v) is 1.96. The van der Waals surface area contributed by atoms with Crippen LogP contribution in [0.1, 0.15) is 10.4 Å². The Morgan fingerprint density at radius 1 is 1.13 bits per heavy atom. The molecule has 2 rings (SSSR count). The van der Waals surface area contributed by atoms with Gasteiger partial charge in [-0.3, -0.25) is 15.5 Å². The molecule has 1 amide bonds. The first kappa shape index (κ1) is 16.3. The van der Waals surface area contributed by atoms with Gasteiger partial charge < -0.3 is 14.8 Å². The van der Waals surface area contributed by atoms with Crippen LogP contribution in [0.15, 0.2) is 47.5 Å². The lowest BCUT2D eigenvalue weighted by Crippen LogP contribution is -2.12. The minimum Gasteiger partial charge on any atom is -0.494 e. The van der Waals surface area contributed by atoms with E-state index in [4.69, 9.17) is 14.7 Å². The van der Waals surface area contributed by atoms with Gasteiger partial charge in [-0.25, -0.2) is 4.99 Å². The van der Waals surface area contributed by atoms with Gasteiger partial charge in [0.2, 0.25) is 0 Å². The molecular formula is C16H17N3O4. The van der Waals surface area contributed by atoms with Gasteiger partial charge in [-0.2, -0.15) is 0 Å². The maximum absolute atomic E-state index is 12.3. The van der Waals surface area contributed by atoms with Crippen LogP contribution in [0.3, 0.4) is 0 Å². The predicted octanol–water partition coefficient (Wildman–Crippen LogP) is 2.59. The largest absolute Gasteiger partial charge is 0.494 e. The number of nitrogens with zero attached hydrogens (tertiary/aromatic N) is 1. The average Bonchev–Trinajstić information content (AvgIpc) is 2.60. The first-order valence-electron chi connectivity index (χ1n) is 6.74. The van der Waals surface area contributed by atoms with Gasteiger partial charge in [-0.05, 0) is 12.1 Å². The molecule has 3 N–H and O–H groups in total. The van der Waals surface area contributed by atoms with Crippen LogP contribution in [0, 0.1) is 0 Å². The zero-order chi connectivity index (χ0) is 16.7. The van der Waals surface area contributed by atoms with Gasteiger partial charge >= 0.3 is 0 Å². The second-order valence-electron chi connectivity index (χ2n) is 4.43. The van der Waals surface area contributed by atoms with Crippen molar-refractivity contribution in [3.63, 3.8) is 0 Å². The summed E-state index contributed by atoms with van der Waals surface area (Å²) < 4.78 is 10.5. The summed E-state index contributed by atoms with van der Waals surface area (Å²) in [5.41, 5.74) is 3.23. The summed E-state index contributed by atoms with van der Waals surface area (Å²) in [4.78, 5) is 16.2. The van der Waals surface area contributed by atoms with Gasteiger partial charge in [0.25, 0.3) is 5.91 Å². The second kappa shape index (κ2) is 7.81. The van der Waals surface area contributed by atoms with E-state index >= 15 is 0 Å². The number of carbonyl (C=O) groups is 1. The minimum absolute atomic E-state index is 0.265. The quantitative estimate of drug-likeness (QED) is 0.433. The summed E-state index contributed by atoms with van der Waals surface area (Å²) in [6, 6.07) is 12.0. The Bertz CT molecular complexity index is 702. The number of benzene rings is 2. The van der Waals surface area contributed by atoms with E-state index in [0.29, 0.717) is 28.4 Å². The molecule has 120 valence electrons. The molecule has 0 unspecified atom stereocenters. The SMILES string of the molecule is COc1cc(NC(=O)c2ccccc2)c(OC)cc1N=CNO. The molecule has 0 spiro atoms. The van der Waals surface area contributed by atoms with Crippen molar-refractivity contribution in [1.29, 1.82) is 0 Å². The maximum Gasteiger partial charge on any atom is 0.255 e. The Morgan fingerprint density at radius 2 is 1.83 bits per heavy atom. The van der Waals surface area contributed by atoms with E-state index in [9.17, 15) is 4.79 Å². The Morgan fingerprint density at radius 3 is 2.43 bits per heavy atom. The van der Waals surface area contributed by atoms with Crippen LogP contribution >= 0.6 is 0 Å². The van der Waals surface area contributed by atoms with Gasteiger partial charge in [-0.1, -0.05) is 18.2 Å². The molecule has 23 heavy (non-hydrogen) atoms. The zero-order valence-corrected chi connectivity index (χ0v) is 12.7. The van der Waals surface area contributed by atoms with Crippen molar-refractivity contribution in [3.05, 3.63) is 48.0 Å². The van der Waals surface area contributed by atoms with E-state index in [1.54, 1.807) is 36.4 Å². The summed E-state index contributed by atoms with van der Waals surface area (Å²) >= 11 is 0. The molecule has 0 fully saturated rings. The van der Waals surface area contributed by atoms with Crippen molar-refractivity contribution in [2.24, 2.45) is 4.99 Å². The van der Waals surface area contributed by atoms with E-state index in [1.165, 1.54) is 14.2 Å². The molecule has 0 aromatic heterocycles. The number of hydrogen-bond donors (Lipinski definition) is 3. The summed E-state index contributed by atoms with van der Waals surface area (Å²) in [6.45, 7) is 0. The smallest absolute Gasteiger partial charge is 0.255 e. The monoisotopic (exact) mass is 315 g/mol. The molecule has 0 saturated carbocycles. The van der Waals surface area contributed by atoms with Crippen molar-refractivity contribution in [2.75, 3.05) is 19.5 Å². The van der Waals surface area contributed by atoms with Gasteiger partial charge in [0.1, 0.15) is 23.5 Å². The van der Waals surface area contributed by atoms with Gasteiger partial charge in [-0.15, -0.1) is 0 Å². The molecule has 7 heteroatoms. The van der Waals surface area contributed by atoms with E-state index < -0.39 is 0 Å². The fraction of sp³-hybridized carbons (Fsp3) is 0.125. The van der Waals surface area contributed by atoms with Gasteiger partial charge in [0.15, 0.2) is 0 Å². The molecule has 7 nitrogen and oxygen atoms in total. The molecule has 2 aromatic carbocycles. The number of ether oxygens (including phenoxy) is 2. The van der Waals surface area contributed by atoms with Crippen LogP contribution in [0.5, 0.6) is 11.5 Å². The Balaban J connectivity index is 2.34. The standard InChI is InChI=1S/C16H17N3O4/c1-22-14-9-13(15(23-2)8-12(14)17-10-18-21)19-16(20)11-6-4-3-5-7-11/h3-10,21H,1-2H3,(H,17,18)(H,19,20). The highest BCUT2D eigenvalue weighted by Crippen LogP contribution is 2.38. The van der Waals surface area contributed by atoms with Gasteiger partial charge in [0.05, 0.1) is 19.9 Å².